The van der Waals surface area contributed by atoms with E-state index in [1.165, 1.54) is 0 Å². The molecule has 1 atom stereocenters. The first-order valence-corrected chi connectivity index (χ1v) is 10.3. The molecule has 1 aliphatic carbocycles. The lowest BCUT2D eigenvalue weighted by molar-refractivity contribution is 0.404. The van der Waals surface area contributed by atoms with E-state index in [0.717, 1.165) is 52.4 Å². The lowest BCUT2D eigenvalue weighted by Gasteiger charge is -2.13. The fourth-order valence-corrected chi connectivity index (χ4v) is 3.86. The number of ether oxygens (including phenoxy) is 2. The summed E-state index contributed by atoms with van der Waals surface area (Å²) in [4.78, 5) is 5.53. The van der Waals surface area contributed by atoms with Crippen molar-refractivity contribution in [1.29, 1.82) is 0 Å². The van der Waals surface area contributed by atoms with Crippen molar-refractivity contribution in [2.24, 2.45) is 16.0 Å². The summed E-state index contributed by atoms with van der Waals surface area (Å²) >= 11 is 1.56. The van der Waals surface area contributed by atoms with Gasteiger partial charge in [-0.3, -0.25) is 4.99 Å². The summed E-state index contributed by atoms with van der Waals surface area (Å²) in [7, 11) is 3.33. The predicted octanol–water partition coefficient (Wildman–Crippen LogP) is 4.90. The first-order chi connectivity index (χ1) is 13.6. The molecule has 0 N–H and O–H groups in total. The van der Waals surface area contributed by atoms with Crippen molar-refractivity contribution in [3.8, 4) is 22.8 Å². The van der Waals surface area contributed by atoms with Crippen LogP contribution in [0, 0.1) is 5.92 Å². The van der Waals surface area contributed by atoms with Crippen LogP contribution in [0.15, 0.2) is 58.0 Å². The maximum absolute atomic E-state index is 5.59. The quantitative estimate of drug-likeness (QED) is 0.493. The van der Waals surface area contributed by atoms with Crippen molar-refractivity contribution >= 4 is 17.6 Å². The molecule has 0 saturated carbocycles. The standard InChI is InChI=1S/C22H27N3O2S/c1-16(2)13-23-22-25(24-14-17-8-6-5-7-9-17)20(15-28-22)19-12-18(26-3)10-11-21(19)27-4/h5-6,10-12,14-15,17H,1,7-9,13H2,2-4H3. The molecule has 1 unspecified atom stereocenters. The molecule has 0 radical (unpaired) electrons. The van der Waals surface area contributed by atoms with E-state index in [-0.39, 0.29) is 0 Å². The van der Waals surface area contributed by atoms with Crippen molar-refractivity contribution in [2.75, 3.05) is 20.8 Å². The number of methoxy groups -OCH3 is 2. The minimum atomic E-state index is 0.450. The molecule has 148 valence electrons. The summed E-state index contributed by atoms with van der Waals surface area (Å²) in [6, 6.07) is 5.78. The second kappa shape index (κ2) is 9.55. The van der Waals surface area contributed by atoms with Crippen molar-refractivity contribution in [1.82, 2.24) is 4.68 Å². The molecule has 0 aliphatic heterocycles. The molecule has 0 spiro atoms. The highest BCUT2D eigenvalue weighted by atomic mass is 32.1. The molecule has 0 saturated heterocycles. The van der Waals surface area contributed by atoms with Crippen LogP contribution < -0.4 is 14.3 Å². The van der Waals surface area contributed by atoms with E-state index in [4.69, 9.17) is 19.6 Å². The molecule has 1 aromatic heterocycles. The van der Waals surface area contributed by atoms with Gasteiger partial charge in [-0.1, -0.05) is 24.3 Å². The van der Waals surface area contributed by atoms with Gasteiger partial charge in [0.1, 0.15) is 11.5 Å². The number of allylic oxidation sites excluding steroid dienone is 2. The molecule has 5 nitrogen and oxygen atoms in total. The molecule has 1 aliphatic rings. The molecule has 0 bridgehead atoms. The molecule has 1 heterocycles. The van der Waals surface area contributed by atoms with Crippen molar-refractivity contribution in [3.05, 3.63) is 52.7 Å². The van der Waals surface area contributed by atoms with Crippen LogP contribution in [0.3, 0.4) is 0 Å². The number of hydrogen-bond donors (Lipinski definition) is 0. The third-order valence-electron chi connectivity index (χ3n) is 4.55. The molecule has 2 aromatic rings. The summed E-state index contributed by atoms with van der Waals surface area (Å²) in [5, 5.41) is 6.89. The van der Waals surface area contributed by atoms with Gasteiger partial charge in [0.2, 0.25) is 4.80 Å². The molecule has 28 heavy (non-hydrogen) atoms. The monoisotopic (exact) mass is 397 g/mol. The van der Waals surface area contributed by atoms with Gasteiger partial charge in [0, 0.05) is 17.2 Å². The zero-order chi connectivity index (χ0) is 19.9. The topological polar surface area (TPSA) is 48.1 Å². The van der Waals surface area contributed by atoms with Crippen LogP contribution in [-0.2, 0) is 0 Å². The third-order valence-corrected chi connectivity index (χ3v) is 5.41. The Balaban J connectivity index is 2.08. The van der Waals surface area contributed by atoms with Gasteiger partial charge in [0.25, 0.3) is 0 Å². The maximum atomic E-state index is 5.59. The van der Waals surface area contributed by atoms with Crippen LogP contribution in [0.25, 0.3) is 11.3 Å². The molecule has 0 fully saturated rings. The Kier molecular flexibility index (Phi) is 6.87. The van der Waals surface area contributed by atoms with Gasteiger partial charge in [-0.15, -0.1) is 11.3 Å². The van der Waals surface area contributed by atoms with Crippen molar-refractivity contribution < 1.29 is 9.47 Å². The molecule has 0 amide bonds. The lowest BCUT2D eigenvalue weighted by Crippen LogP contribution is -2.15. The molecule has 3 rings (SSSR count). The third kappa shape index (κ3) is 4.81. The average Bonchev–Trinajstić information content (AvgIpc) is 3.13. The highest BCUT2D eigenvalue weighted by Gasteiger charge is 2.15. The summed E-state index contributed by atoms with van der Waals surface area (Å²) in [5.74, 6) is 2.00. The second-order valence-corrected chi connectivity index (χ2v) is 7.70. The lowest BCUT2D eigenvalue weighted by atomic mass is 9.96. The normalized spacial score (nSPS) is 17.2. The minimum Gasteiger partial charge on any atom is -0.497 e. The van der Waals surface area contributed by atoms with E-state index in [1.807, 2.05) is 36.0 Å². The van der Waals surface area contributed by atoms with Crippen LogP contribution in [0.5, 0.6) is 11.5 Å². The Morgan fingerprint density at radius 2 is 2.18 bits per heavy atom. The molecule has 6 heteroatoms. The number of aromatic nitrogens is 1. The highest BCUT2D eigenvalue weighted by Crippen LogP contribution is 2.33. The van der Waals surface area contributed by atoms with Gasteiger partial charge in [0.15, 0.2) is 0 Å². The zero-order valence-electron chi connectivity index (χ0n) is 16.7. The summed E-state index contributed by atoms with van der Waals surface area (Å²) < 4.78 is 12.9. The summed E-state index contributed by atoms with van der Waals surface area (Å²) in [5.41, 5.74) is 2.88. The van der Waals surface area contributed by atoms with E-state index in [1.54, 1.807) is 25.6 Å². The zero-order valence-corrected chi connectivity index (χ0v) is 17.5. The van der Waals surface area contributed by atoms with E-state index in [2.05, 4.69) is 24.1 Å². The maximum Gasteiger partial charge on any atom is 0.206 e. The first-order valence-electron chi connectivity index (χ1n) is 9.39. The van der Waals surface area contributed by atoms with Crippen LogP contribution >= 0.6 is 11.3 Å². The SMILES string of the molecule is C=C(C)CN=c1scc(-c2cc(OC)ccc2OC)n1N=CC1CC=CCC1. The van der Waals surface area contributed by atoms with E-state index >= 15 is 0 Å². The van der Waals surface area contributed by atoms with Crippen molar-refractivity contribution in [2.45, 2.75) is 26.2 Å². The largest absolute Gasteiger partial charge is 0.497 e. The Morgan fingerprint density at radius 3 is 2.86 bits per heavy atom. The van der Waals surface area contributed by atoms with Crippen LogP contribution in [-0.4, -0.2) is 31.7 Å². The number of benzene rings is 1. The van der Waals surface area contributed by atoms with E-state index in [9.17, 15) is 0 Å². The fraction of sp³-hybridized carbons (Fsp3) is 0.364. The summed E-state index contributed by atoms with van der Waals surface area (Å²) in [6.07, 6.45) is 9.78. The Morgan fingerprint density at radius 1 is 1.32 bits per heavy atom. The van der Waals surface area contributed by atoms with E-state index < -0.39 is 0 Å². The van der Waals surface area contributed by atoms with Gasteiger partial charge in [-0.2, -0.15) is 5.10 Å². The number of hydrogen-bond acceptors (Lipinski definition) is 5. The van der Waals surface area contributed by atoms with Gasteiger partial charge < -0.3 is 9.47 Å². The van der Waals surface area contributed by atoms with E-state index in [0.29, 0.717) is 12.5 Å². The highest BCUT2D eigenvalue weighted by molar-refractivity contribution is 7.07. The minimum absolute atomic E-state index is 0.450. The Hall–Kier alpha value is -2.60. The number of nitrogens with zero attached hydrogens (tertiary/aromatic N) is 3. The van der Waals surface area contributed by atoms with Gasteiger partial charge in [0.05, 0.1) is 26.5 Å². The Bertz CT molecular complexity index is 953. The summed E-state index contributed by atoms with van der Waals surface area (Å²) in [6.45, 7) is 6.51. The predicted molar refractivity (Wildman–Crippen MR) is 116 cm³/mol. The van der Waals surface area contributed by atoms with Gasteiger partial charge in [-0.05, 0) is 50.3 Å². The fourth-order valence-electron chi connectivity index (χ4n) is 3.04. The number of rotatable bonds is 7. The molecular formula is C22H27N3O2S. The Labute approximate surface area is 170 Å². The van der Waals surface area contributed by atoms with Crippen LogP contribution in [0.4, 0.5) is 0 Å². The number of thiazole rings is 1. The van der Waals surface area contributed by atoms with Gasteiger partial charge >= 0.3 is 0 Å². The van der Waals surface area contributed by atoms with Crippen LogP contribution in [0.1, 0.15) is 26.2 Å². The van der Waals surface area contributed by atoms with Crippen molar-refractivity contribution in [3.63, 3.8) is 0 Å². The molecule has 1 aromatic carbocycles. The van der Waals surface area contributed by atoms with Gasteiger partial charge in [-0.25, -0.2) is 4.68 Å². The second-order valence-electron chi connectivity index (χ2n) is 6.86. The van der Waals surface area contributed by atoms with Crippen LogP contribution in [0.2, 0.25) is 0 Å². The molecular weight excluding hydrogens is 370 g/mol. The smallest absolute Gasteiger partial charge is 0.206 e. The average molecular weight is 398 g/mol. The first kappa shape index (κ1) is 20.1.